The third kappa shape index (κ3) is 3.00. The van der Waals surface area contributed by atoms with Gasteiger partial charge in [-0.1, -0.05) is 6.07 Å². The Hall–Kier alpha value is -2.24. The zero-order valence-electron chi connectivity index (χ0n) is 12.6. The molecule has 1 aromatic rings. The van der Waals surface area contributed by atoms with E-state index in [2.05, 4.69) is 5.32 Å². The van der Waals surface area contributed by atoms with Gasteiger partial charge in [-0.3, -0.25) is 9.59 Å². The second-order valence-corrected chi connectivity index (χ2v) is 5.60. The van der Waals surface area contributed by atoms with E-state index in [0.717, 1.165) is 36.3 Å². The van der Waals surface area contributed by atoms with Crippen LogP contribution in [0.2, 0.25) is 0 Å². The quantitative estimate of drug-likeness (QED) is 0.904. The smallest absolute Gasteiger partial charge is 0.242 e. The molecule has 0 unspecified atom stereocenters. The highest BCUT2D eigenvalue weighted by molar-refractivity contribution is 5.87. The molecule has 1 fully saturated rings. The van der Waals surface area contributed by atoms with Gasteiger partial charge in [-0.25, -0.2) is 0 Å². The number of rotatable bonds is 4. The Morgan fingerprint density at radius 1 is 1.32 bits per heavy atom. The number of hydrogen-bond acceptors (Lipinski definition) is 4. The SMILES string of the molecule is CC(=O)N1CCC[C@@H]1C(=O)NCCc1ccc2c(c1)OCO2. The van der Waals surface area contributed by atoms with Crippen LogP contribution in [0.15, 0.2) is 18.2 Å². The molecule has 0 aromatic heterocycles. The van der Waals surface area contributed by atoms with Crippen LogP contribution in [-0.2, 0) is 16.0 Å². The van der Waals surface area contributed by atoms with Crippen LogP contribution >= 0.6 is 0 Å². The third-order valence-corrected chi connectivity index (χ3v) is 4.11. The van der Waals surface area contributed by atoms with Crippen molar-refractivity contribution in [1.82, 2.24) is 10.2 Å². The fraction of sp³-hybridized carbons (Fsp3) is 0.500. The lowest BCUT2D eigenvalue weighted by atomic mass is 10.1. The number of nitrogens with zero attached hydrogens (tertiary/aromatic N) is 1. The van der Waals surface area contributed by atoms with Crippen LogP contribution in [0.25, 0.3) is 0 Å². The average molecular weight is 304 g/mol. The van der Waals surface area contributed by atoms with Crippen LogP contribution in [0, 0.1) is 0 Å². The van der Waals surface area contributed by atoms with Crippen molar-refractivity contribution in [2.75, 3.05) is 19.9 Å². The molecule has 1 atom stereocenters. The number of ether oxygens (including phenoxy) is 2. The van der Waals surface area contributed by atoms with E-state index in [4.69, 9.17) is 9.47 Å². The van der Waals surface area contributed by atoms with Crippen LogP contribution in [0.1, 0.15) is 25.3 Å². The topological polar surface area (TPSA) is 67.9 Å². The molecule has 6 heteroatoms. The van der Waals surface area contributed by atoms with Gasteiger partial charge in [0.1, 0.15) is 6.04 Å². The van der Waals surface area contributed by atoms with Crippen molar-refractivity contribution in [3.05, 3.63) is 23.8 Å². The fourth-order valence-corrected chi connectivity index (χ4v) is 2.96. The third-order valence-electron chi connectivity index (χ3n) is 4.11. The van der Waals surface area contributed by atoms with Crippen molar-refractivity contribution in [2.45, 2.75) is 32.2 Å². The number of benzene rings is 1. The highest BCUT2D eigenvalue weighted by Crippen LogP contribution is 2.32. The van der Waals surface area contributed by atoms with Crippen molar-refractivity contribution in [2.24, 2.45) is 0 Å². The Morgan fingerprint density at radius 3 is 2.95 bits per heavy atom. The standard InChI is InChI=1S/C16H20N2O4/c1-11(19)18-8-2-3-13(18)16(20)17-7-6-12-4-5-14-15(9-12)22-10-21-14/h4-5,9,13H,2-3,6-8,10H2,1H3,(H,17,20)/t13-/m1/s1. The van der Waals surface area contributed by atoms with Crippen LogP contribution < -0.4 is 14.8 Å². The summed E-state index contributed by atoms with van der Waals surface area (Å²) >= 11 is 0. The van der Waals surface area contributed by atoms with Gasteiger partial charge in [-0.05, 0) is 37.0 Å². The normalized spacial score (nSPS) is 19.3. The summed E-state index contributed by atoms with van der Waals surface area (Å²) < 4.78 is 10.6. The van der Waals surface area contributed by atoms with Crippen molar-refractivity contribution < 1.29 is 19.1 Å². The number of carbonyl (C=O) groups excluding carboxylic acids is 2. The number of carbonyl (C=O) groups is 2. The van der Waals surface area contributed by atoms with Gasteiger partial charge in [0.15, 0.2) is 11.5 Å². The van der Waals surface area contributed by atoms with Crippen molar-refractivity contribution >= 4 is 11.8 Å². The van der Waals surface area contributed by atoms with E-state index in [0.29, 0.717) is 13.1 Å². The van der Waals surface area contributed by atoms with Crippen LogP contribution in [0.4, 0.5) is 0 Å². The summed E-state index contributed by atoms with van der Waals surface area (Å²) in [6, 6.07) is 5.48. The van der Waals surface area contributed by atoms with Gasteiger partial charge in [0, 0.05) is 20.0 Å². The molecule has 2 aliphatic rings. The molecule has 3 rings (SSSR count). The fourth-order valence-electron chi connectivity index (χ4n) is 2.96. The first kappa shape index (κ1) is 14.7. The van der Waals surface area contributed by atoms with Gasteiger partial charge < -0.3 is 19.7 Å². The molecule has 22 heavy (non-hydrogen) atoms. The molecule has 0 spiro atoms. The summed E-state index contributed by atoms with van der Waals surface area (Å²) in [5.74, 6) is 1.42. The minimum atomic E-state index is -0.311. The molecule has 2 amide bonds. The molecular formula is C16H20N2O4. The number of fused-ring (bicyclic) bond motifs is 1. The lowest BCUT2D eigenvalue weighted by Crippen LogP contribution is -2.45. The van der Waals surface area contributed by atoms with E-state index in [9.17, 15) is 9.59 Å². The largest absolute Gasteiger partial charge is 0.454 e. The van der Waals surface area contributed by atoms with Crippen LogP contribution in [0.5, 0.6) is 11.5 Å². The van der Waals surface area contributed by atoms with E-state index in [1.807, 2.05) is 18.2 Å². The van der Waals surface area contributed by atoms with Crippen molar-refractivity contribution in [1.29, 1.82) is 0 Å². The maximum absolute atomic E-state index is 12.2. The lowest BCUT2D eigenvalue weighted by molar-refractivity contribution is -0.136. The van der Waals surface area contributed by atoms with E-state index in [-0.39, 0.29) is 24.6 Å². The summed E-state index contributed by atoms with van der Waals surface area (Å²) in [5.41, 5.74) is 1.08. The molecule has 0 aliphatic carbocycles. The van der Waals surface area contributed by atoms with Gasteiger partial charge in [0.05, 0.1) is 0 Å². The molecular weight excluding hydrogens is 284 g/mol. The molecule has 0 saturated carbocycles. The first-order chi connectivity index (χ1) is 10.6. The van der Waals surface area contributed by atoms with Crippen LogP contribution in [0.3, 0.4) is 0 Å². The second-order valence-electron chi connectivity index (χ2n) is 5.60. The Morgan fingerprint density at radius 2 is 2.14 bits per heavy atom. The van der Waals surface area contributed by atoms with Gasteiger partial charge in [0.2, 0.25) is 18.6 Å². The van der Waals surface area contributed by atoms with E-state index >= 15 is 0 Å². The molecule has 2 heterocycles. The number of hydrogen-bond donors (Lipinski definition) is 1. The molecule has 2 aliphatic heterocycles. The monoisotopic (exact) mass is 304 g/mol. The van der Waals surface area contributed by atoms with Crippen molar-refractivity contribution in [3.8, 4) is 11.5 Å². The zero-order valence-corrected chi connectivity index (χ0v) is 12.6. The zero-order chi connectivity index (χ0) is 15.5. The maximum Gasteiger partial charge on any atom is 0.242 e. The minimum absolute atomic E-state index is 0.0339. The molecule has 0 radical (unpaired) electrons. The first-order valence-electron chi connectivity index (χ1n) is 7.58. The maximum atomic E-state index is 12.2. The summed E-state index contributed by atoms with van der Waals surface area (Å²) in [7, 11) is 0. The predicted octanol–water partition coefficient (Wildman–Crippen LogP) is 1.08. The van der Waals surface area contributed by atoms with E-state index < -0.39 is 0 Å². The van der Waals surface area contributed by atoms with E-state index in [1.165, 1.54) is 6.92 Å². The van der Waals surface area contributed by atoms with Crippen LogP contribution in [-0.4, -0.2) is 42.6 Å². The minimum Gasteiger partial charge on any atom is -0.454 e. The molecule has 118 valence electrons. The Bertz CT molecular complexity index is 588. The van der Waals surface area contributed by atoms with E-state index in [1.54, 1.807) is 4.90 Å². The molecule has 0 bridgehead atoms. The highest BCUT2D eigenvalue weighted by Gasteiger charge is 2.31. The number of likely N-dealkylation sites (tertiary alicyclic amines) is 1. The molecule has 1 saturated heterocycles. The molecule has 1 N–H and O–H groups in total. The average Bonchev–Trinajstić information content (AvgIpc) is 3.15. The molecule has 1 aromatic carbocycles. The summed E-state index contributed by atoms with van der Waals surface area (Å²) in [6.07, 6.45) is 2.35. The Kier molecular flexibility index (Phi) is 4.18. The molecule has 6 nitrogen and oxygen atoms in total. The lowest BCUT2D eigenvalue weighted by Gasteiger charge is -2.22. The number of amides is 2. The highest BCUT2D eigenvalue weighted by atomic mass is 16.7. The Labute approximate surface area is 129 Å². The van der Waals surface area contributed by atoms with Gasteiger partial charge in [-0.2, -0.15) is 0 Å². The second kappa shape index (κ2) is 6.25. The summed E-state index contributed by atoms with van der Waals surface area (Å²) in [5, 5.41) is 2.92. The van der Waals surface area contributed by atoms with Gasteiger partial charge in [-0.15, -0.1) is 0 Å². The van der Waals surface area contributed by atoms with Gasteiger partial charge in [0.25, 0.3) is 0 Å². The number of nitrogens with one attached hydrogen (secondary N) is 1. The summed E-state index contributed by atoms with van der Waals surface area (Å²) in [6.45, 7) is 2.99. The Balaban J connectivity index is 1.50. The summed E-state index contributed by atoms with van der Waals surface area (Å²) in [4.78, 5) is 25.3. The first-order valence-corrected chi connectivity index (χ1v) is 7.58. The predicted molar refractivity (Wildman–Crippen MR) is 79.7 cm³/mol. The van der Waals surface area contributed by atoms with Crippen molar-refractivity contribution in [3.63, 3.8) is 0 Å². The van der Waals surface area contributed by atoms with Gasteiger partial charge >= 0.3 is 0 Å².